The first kappa shape index (κ1) is 23.7. The van der Waals surface area contributed by atoms with Gasteiger partial charge in [-0.15, -0.1) is 12.4 Å². The number of halogens is 1. The van der Waals surface area contributed by atoms with Gasteiger partial charge >= 0.3 is 0 Å². The summed E-state index contributed by atoms with van der Waals surface area (Å²) in [7, 11) is -1.21. The Labute approximate surface area is 169 Å². The van der Waals surface area contributed by atoms with Gasteiger partial charge < -0.3 is 15.0 Å². The monoisotopic (exact) mass is 418 g/mol. The predicted octanol–water partition coefficient (Wildman–Crippen LogP) is 2.52. The highest BCUT2D eigenvalue weighted by atomic mass is 35.5. The van der Waals surface area contributed by atoms with Crippen LogP contribution in [-0.4, -0.2) is 58.8 Å². The molecule has 0 unspecified atom stereocenters. The summed E-state index contributed by atoms with van der Waals surface area (Å²) < 4.78 is 28.4. The van der Waals surface area contributed by atoms with Crippen LogP contribution in [-0.2, 0) is 14.6 Å². The Kier molecular flexibility index (Phi) is 10.1. The van der Waals surface area contributed by atoms with E-state index in [1.807, 2.05) is 11.9 Å². The largest absolute Gasteiger partial charge is 0.494 e. The molecule has 1 fully saturated rings. The average Bonchev–Trinajstić information content (AvgIpc) is 2.62. The van der Waals surface area contributed by atoms with Gasteiger partial charge in [-0.05, 0) is 69.5 Å². The number of unbranched alkanes of at least 4 members (excludes halogenated alkanes) is 1. The fraction of sp³-hybridized carbons (Fsp3) is 0.632. The molecule has 1 saturated heterocycles. The van der Waals surface area contributed by atoms with Crippen LogP contribution in [0.4, 0.5) is 0 Å². The van der Waals surface area contributed by atoms with Crippen molar-refractivity contribution in [2.45, 2.75) is 37.0 Å². The Morgan fingerprint density at radius 2 is 1.81 bits per heavy atom. The van der Waals surface area contributed by atoms with Crippen molar-refractivity contribution < 1.29 is 17.9 Å². The molecule has 0 atom stereocenters. The first-order valence-corrected chi connectivity index (χ1v) is 11.1. The molecule has 1 heterocycles. The number of likely N-dealkylation sites (tertiary alicyclic amines) is 1. The molecule has 1 aliphatic heterocycles. The zero-order chi connectivity index (χ0) is 19.0. The SMILES string of the molecule is CNCC1CCN(C(=O)CCCCOc2ccc(S(C)(=O)=O)cc2)CC1.Cl. The van der Waals surface area contributed by atoms with E-state index in [9.17, 15) is 13.2 Å². The molecule has 8 heteroatoms. The average molecular weight is 419 g/mol. The van der Waals surface area contributed by atoms with E-state index >= 15 is 0 Å². The standard InChI is InChI=1S/C19H30N2O4S.ClH/c1-20-15-16-10-12-21(13-11-16)19(22)5-3-4-14-25-17-6-8-18(9-7-17)26(2,23)24;/h6-9,16,20H,3-5,10-15H2,1-2H3;1H. The number of ether oxygens (including phenoxy) is 1. The first-order chi connectivity index (χ1) is 12.4. The zero-order valence-corrected chi connectivity index (χ0v) is 17.8. The number of amides is 1. The van der Waals surface area contributed by atoms with E-state index in [1.165, 1.54) is 6.26 Å². The minimum absolute atomic E-state index is 0. The maximum absolute atomic E-state index is 12.2. The van der Waals surface area contributed by atoms with E-state index in [2.05, 4.69) is 5.32 Å². The highest BCUT2D eigenvalue weighted by molar-refractivity contribution is 7.90. The van der Waals surface area contributed by atoms with Crippen LogP contribution in [0.3, 0.4) is 0 Å². The number of benzene rings is 1. The number of hydrogen-bond donors (Lipinski definition) is 1. The molecule has 154 valence electrons. The van der Waals surface area contributed by atoms with Gasteiger partial charge in [0.05, 0.1) is 11.5 Å². The summed E-state index contributed by atoms with van der Waals surface area (Å²) in [5.41, 5.74) is 0. The Hall–Kier alpha value is -1.31. The number of nitrogens with zero attached hydrogens (tertiary/aromatic N) is 1. The van der Waals surface area contributed by atoms with Crippen molar-refractivity contribution in [3.05, 3.63) is 24.3 Å². The topological polar surface area (TPSA) is 75.7 Å². The van der Waals surface area contributed by atoms with Gasteiger partial charge in [0.1, 0.15) is 5.75 Å². The van der Waals surface area contributed by atoms with Crippen LogP contribution in [0.15, 0.2) is 29.2 Å². The lowest BCUT2D eigenvalue weighted by atomic mass is 9.96. The van der Waals surface area contributed by atoms with Gasteiger partial charge in [0.15, 0.2) is 9.84 Å². The van der Waals surface area contributed by atoms with E-state index in [0.29, 0.717) is 24.7 Å². The quantitative estimate of drug-likeness (QED) is 0.623. The Morgan fingerprint density at radius 1 is 1.19 bits per heavy atom. The summed E-state index contributed by atoms with van der Waals surface area (Å²) in [4.78, 5) is 14.5. The molecule has 0 aliphatic carbocycles. The summed E-state index contributed by atoms with van der Waals surface area (Å²) in [6.45, 7) is 3.29. The molecule has 0 spiro atoms. The molecular formula is C19H31ClN2O4S. The number of rotatable bonds is 9. The van der Waals surface area contributed by atoms with E-state index in [0.717, 1.165) is 45.3 Å². The molecule has 0 bridgehead atoms. The van der Waals surface area contributed by atoms with Gasteiger partial charge in [0, 0.05) is 25.8 Å². The summed E-state index contributed by atoms with van der Waals surface area (Å²) >= 11 is 0. The third-order valence-electron chi connectivity index (χ3n) is 4.77. The van der Waals surface area contributed by atoms with Crippen LogP contribution in [0.5, 0.6) is 5.75 Å². The molecule has 1 N–H and O–H groups in total. The van der Waals surface area contributed by atoms with Crippen molar-refractivity contribution >= 4 is 28.2 Å². The minimum Gasteiger partial charge on any atom is -0.494 e. The number of carbonyl (C=O) groups excluding carboxylic acids is 1. The molecule has 1 aromatic rings. The van der Waals surface area contributed by atoms with Crippen LogP contribution < -0.4 is 10.1 Å². The Bertz CT molecular complexity index is 671. The number of nitrogens with one attached hydrogen (secondary N) is 1. The van der Waals surface area contributed by atoms with E-state index in [4.69, 9.17) is 4.74 Å². The molecule has 2 rings (SSSR count). The van der Waals surface area contributed by atoms with Crippen molar-refractivity contribution in [3.8, 4) is 5.75 Å². The molecule has 1 aromatic carbocycles. The minimum atomic E-state index is -3.18. The van der Waals surface area contributed by atoms with Gasteiger partial charge in [-0.25, -0.2) is 8.42 Å². The fourth-order valence-electron chi connectivity index (χ4n) is 3.18. The second-order valence-corrected chi connectivity index (χ2v) is 8.95. The molecule has 1 aliphatic rings. The lowest BCUT2D eigenvalue weighted by Crippen LogP contribution is -2.40. The van der Waals surface area contributed by atoms with Crippen LogP contribution in [0.1, 0.15) is 32.1 Å². The number of hydrogen-bond acceptors (Lipinski definition) is 5. The highest BCUT2D eigenvalue weighted by Gasteiger charge is 2.21. The van der Waals surface area contributed by atoms with Crippen LogP contribution >= 0.6 is 12.4 Å². The smallest absolute Gasteiger partial charge is 0.222 e. The molecule has 0 aromatic heterocycles. The Morgan fingerprint density at radius 3 is 2.37 bits per heavy atom. The van der Waals surface area contributed by atoms with Crippen LogP contribution in [0.2, 0.25) is 0 Å². The number of sulfone groups is 1. The second-order valence-electron chi connectivity index (χ2n) is 6.93. The van der Waals surface area contributed by atoms with Gasteiger partial charge in [-0.3, -0.25) is 4.79 Å². The third kappa shape index (κ3) is 8.07. The number of piperidine rings is 1. The van der Waals surface area contributed by atoms with Crippen molar-refractivity contribution in [3.63, 3.8) is 0 Å². The zero-order valence-electron chi connectivity index (χ0n) is 16.1. The lowest BCUT2D eigenvalue weighted by Gasteiger charge is -2.32. The molecule has 1 amide bonds. The molecule has 0 radical (unpaired) electrons. The third-order valence-corrected chi connectivity index (χ3v) is 5.89. The Balaban J connectivity index is 0.00000364. The van der Waals surface area contributed by atoms with E-state index in [1.54, 1.807) is 24.3 Å². The van der Waals surface area contributed by atoms with Gasteiger partial charge in [-0.1, -0.05) is 0 Å². The summed E-state index contributed by atoms with van der Waals surface area (Å²) in [5, 5.41) is 3.21. The van der Waals surface area contributed by atoms with Gasteiger partial charge in [0.2, 0.25) is 5.91 Å². The van der Waals surface area contributed by atoms with Crippen molar-refractivity contribution in [2.75, 3.05) is 39.5 Å². The first-order valence-electron chi connectivity index (χ1n) is 9.25. The second kappa shape index (κ2) is 11.5. The molecular weight excluding hydrogens is 388 g/mol. The van der Waals surface area contributed by atoms with Gasteiger partial charge in [-0.2, -0.15) is 0 Å². The highest BCUT2D eigenvalue weighted by Crippen LogP contribution is 2.18. The van der Waals surface area contributed by atoms with Crippen LogP contribution in [0.25, 0.3) is 0 Å². The summed E-state index contributed by atoms with van der Waals surface area (Å²) in [6.07, 6.45) is 5.51. The lowest BCUT2D eigenvalue weighted by molar-refractivity contribution is -0.132. The van der Waals surface area contributed by atoms with Crippen LogP contribution in [0, 0.1) is 5.92 Å². The maximum Gasteiger partial charge on any atom is 0.222 e. The molecule has 27 heavy (non-hydrogen) atoms. The molecule has 6 nitrogen and oxygen atoms in total. The fourth-order valence-corrected chi connectivity index (χ4v) is 3.82. The van der Waals surface area contributed by atoms with Gasteiger partial charge in [0.25, 0.3) is 0 Å². The van der Waals surface area contributed by atoms with Crippen molar-refractivity contribution in [1.82, 2.24) is 10.2 Å². The number of carbonyl (C=O) groups is 1. The summed E-state index contributed by atoms with van der Waals surface area (Å²) in [6, 6.07) is 6.42. The predicted molar refractivity (Wildman–Crippen MR) is 109 cm³/mol. The maximum atomic E-state index is 12.2. The normalized spacial score (nSPS) is 15.3. The van der Waals surface area contributed by atoms with E-state index < -0.39 is 9.84 Å². The summed E-state index contributed by atoms with van der Waals surface area (Å²) in [5.74, 6) is 1.58. The van der Waals surface area contributed by atoms with Crippen molar-refractivity contribution in [2.24, 2.45) is 5.92 Å². The molecule has 0 saturated carbocycles. The van der Waals surface area contributed by atoms with E-state index in [-0.39, 0.29) is 23.2 Å². The van der Waals surface area contributed by atoms with Crippen molar-refractivity contribution in [1.29, 1.82) is 0 Å².